The summed E-state index contributed by atoms with van der Waals surface area (Å²) in [5, 5.41) is 8.25. The van der Waals surface area contributed by atoms with Gasteiger partial charge in [-0.1, -0.05) is 40.0 Å². The average molecular weight is 621 g/mol. The summed E-state index contributed by atoms with van der Waals surface area (Å²) in [4.78, 5) is 31.3. The lowest BCUT2D eigenvalue weighted by atomic mass is 9.97. The zero-order chi connectivity index (χ0) is 27.7. The molecule has 8 nitrogen and oxygen atoms in total. The molecular weight excluding hydrogens is 602 g/mol. The smallest absolute Gasteiger partial charge is 0.438 e. The van der Waals surface area contributed by atoms with Crippen molar-refractivity contribution in [2.75, 3.05) is 19.7 Å². The highest BCUT2D eigenvalue weighted by molar-refractivity contribution is 7.10. The van der Waals surface area contributed by atoms with E-state index in [0.717, 1.165) is 17.4 Å². The van der Waals surface area contributed by atoms with Gasteiger partial charge < -0.3 is 14.5 Å². The van der Waals surface area contributed by atoms with Gasteiger partial charge in [0.25, 0.3) is 5.91 Å². The number of amides is 1. The Morgan fingerprint density at radius 2 is 1.82 bits per heavy atom. The minimum absolute atomic E-state index is 0.129. The Balaban J connectivity index is 1.14. The van der Waals surface area contributed by atoms with Crippen LogP contribution < -0.4 is 4.74 Å². The third-order valence-corrected chi connectivity index (χ3v) is 8.17. The number of carbonyl (C=O) groups excluding carboxylic acids is 1. The second kappa shape index (κ2) is 11.4. The summed E-state index contributed by atoms with van der Waals surface area (Å²) in [5.74, 6) is -1.01. The molecule has 0 radical (unpaired) electrons. The molecule has 0 N–H and O–H groups in total. The molecule has 1 aromatic carbocycles. The molecule has 39 heavy (non-hydrogen) atoms. The molecule has 4 heterocycles. The number of thiazole rings is 1. The Kier molecular flexibility index (Phi) is 8.18. The Hall–Kier alpha value is -2.67. The van der Waals surface area contributed by atoms with Gasteiger partial charge in [0, 0.05) is 53.8 Å². The summed E-state index contributed by atoms with van der Waals surface area (Å²) >= 11 is 20.2. The van der Waals surface area contributed by atoms with Crippen LogP contribution in [0, 0.1) is 0 Å². The van der Waals surface area contributed by atoms with Gasteiger partial charge in [0.1, 0.15) is 5.71 Å². The molecule has 15 heteroatoms. The van der Waals surface area contributed by atoms with Crippen molar-refractivity contribution < 1.29 is 27.5 Å². The highest BCUT2D eigenvalue weighted by Crippen LogP contribution is 2.40. The van der Waals surface area contributed by atoms with Crippen LogP contribution in [0.25, 0.3) is 0 Å². The van der Waals surface area contributed by atoms with E-state index in [1.54, 1.807) is 17.0 Å². The molecule has 1 atom stereocenters. The average Bonchev–Trinajstić information content (AvgIpc) is 3.57. The monoisotopic (exact) mass is 619 g/mol. The molecule has 0 aliphatic carbocycles. The third-order valence-electron chi connectivity index (χ3n) is 6.31. The summed E-state index contributed by atoms with van der Waals surface area (Å²) in [6.07, 6.45) is -1.44. The molecule has 1 amide bonds. The number of carbonyl (C=O) groups is 1. The Morgan fingerprint density at radius 1 is 1.13 bits per heavy atom. The number of halogens is 6. The summed E-state index contributed by atoms with van der Waals surface area (Å²) in [7, 11) is 0. The molecule has 206 valence electrons. The lowest BCUT2D eigenvalue weighted by Crippen LogP contribution is -2.40. The van der Waals surface area contributed by atoms with Crippen molar-refractivity contribution in [3.63, 3.8) is 0 Å². The maximum absolute atomic E-state index is 13.1. The lowest BCUT2D eigenvalue weighted by molar-refractivity contribution is -0.144. The first-order chi connectivity index (χ1) is 18.6. The quantitative estimate of drug-likeness (QED) is 0.310. The molecule has 2 aliphatic rings. The topological polar surface area (TPSA) is 89.8 Å². The Morgan fingerprint density at radius 3 is 2.51 bits per heavy atom. The predicted molar refractivity (Wildman–Crippen MR) is 140 cm³/mol. The van der Waals surface area contributed by atoms with Crippen molar-refractivity contribution in [1.29, 1.82) is 0 Å². The number of hydrogen-bond acceptors (Lipinski definition) is 8. The van der Waals surface area contributed by atoms with Gasteiger partial charge in [-0.25, -0.2) is 15.0 Å². The minimum atomic E-state index is -4.73. The van der Waals surface area contributed by atoms with Crippen LogP contribution in [0.3, 0.4) is 0 Å². The van der Waals surface area contributed by atoms with Crippen LogP contribution in [0.1, 0.15) is 53.2 Å². The zero-order valence-corrected chi connectivity index (χ0v) is 23.0. The van der Waals surface area contributed by atoms with E-state index in [0.29, 0.717) is 64.4 Å². The minimum Gasteiger partial charge on any atom is -0.466 e. The van der Waals surface area contributed by atoms with E-state index in [1.807, 2.05) is 5.38 Å². The number of piperidine rings is 1. The lowest BCUT2D eigenvalue weighted by Gasteiger charge is -2.31. The van der Waals surface area contributed by atoms with Crippen LogP contribution in [0.2, 0.25) is 15.1 Å². The highest BCUT2D eigenvalue weighted by Gasteiger charge is 2.38. The van der Waals surface area contributed by atoms with Crippen LogP contribution >= 0.6 is 46.1 Å². The molecule has 2 aliphatic heterocycles. The standard InChI is InChI=1S/C24H19Cl3F3N5O3S/c25-13-7-14(26)20(15(27)8-13)18-9-16(34-38-18)17-11-39-23(33-17)12-1-5-35(6-2-12)19(36)10-37-22-21(24(28,29)30)31-3-4-32-22/h3-4,7-8,11-12,18H,1-2,5-6,9-10H2. The molecule has 3 aromatic rings. The molecule has 0 spiro atoms. The van der Waals surface area contributed by atoms with Gasteiger partial charge in [-0.2, -0.15) is 13.2 Å². The van der Waals surface area contributed by atoms with Crippen LogP contribution in [0.15, 0.2) is 35.1 Å². The number of alkyl halides is 3. The van der Waals surface area contributed by atoms with Crippen LogP contribution in [-0.2, 0) is 15.8 Å². The van der Waals surface area contributed by atoms with Gasteiger partial charge in [0.2, 0.25) is 11.6 Å². The van der Waals surface area contributed by atoms with E-state index in [4.69, 9.17) is 49.4 Å². The second-order valence-electron chi connectivity index (χ2n) is 8.84. The van der Waals surface area contributed by atoms with E-state index in [-0.39, 0.29) is 5.92 Å². The van der Waals surface area contributed by atoms with E-state index in [9.17, 15) is 18.0 Å². The summed E-state index contributed by atoms with van der Waals surface area (Å²) < 4.78 is 44.3. The Labute approximate surface area is 239 Å². The van der Waals surface area contributed by atoms with Crippen LogP contribution in [0.4, 0.5) is 13.2 Å². The SMILES string of the molecule is O=C(COc1nccnc1C(F)(F)F)N1CCC(c2nc(C3=NOC(c4c(Cl)cc(Cl)cc4Cl)C3)cs2)CC1. The van der Waals surface area contributed by atoms with E-state index < -0.39 is 36.4 Å². The van der Waals surface area contributed by atoms with Gasteiger partial charge in [-0.3, -0.25) is 4.79 Å². The third kappa shape index (κ3) is 6.24. The van der Waals surface area contributed by atoms with Crippen molar-refractivity contribution in [1.82, 2.24) is 19.9 Å². The zero-order valence-electron chi connectivity index (χ0n) is 19.9. The van der Waals surface area contributed by atoms with Crippen molar-refractivity contribution >= 4 is 57.8 Å². The number of likely N-dealkylation sites (tertiary alicyclic amines) is 1. The van der Waals surface area contributed by atoms with Crippen molar-refractivity contribution in [2.24, 2.45) is 5.16 Å². The number of ether oxygens (including phenoxy) is 1. The fourth-order valence-electron chi connectivity index (χ4n) is 4.37. The fourth-order valence-corrected chi connectivity index (χ4v) is 6.44. The van der Waals surface area contributed by atoms with Gasteiger partial charge in [-0.15, -0.1) is 11.3 Å². The first kappa shape index (κ1) is 27.9. The van der Waals surface area contributed by atoms with E-state index >= 15 is 0 Å². The second-order valence-corrected chi connectivity index (χ2v) is 11.0. The summed E-state index contributed by atoms with van der Waals surface area (Å²) in [5.41, 5.74) is 0.734. The van der Waals surface area contributed by atoms with E-state index in [2.05, 4.69) is 15.1 Å². The Bertz CT molecular complexity index is 1390. The number of oxime groups is 1. The number of nitrogens with zero attached hydrogens (tertiary/aromatic N) is 5. The van der Waals surface area contributed by atoms with E-state index in [1.165, 1.54) is 11.3 Å². The molecule has 0 saturated carbocycles. The molecule has 2 aromatic heterocycles. The van der Waals surface area contributed by atoms with Gasteiger partial charge in [0.05, 0.1) is 20.7 Å². The van der Waals surface area contributed by atoms with Gasteiger partial charge >= 0.3 is 6.18 Å². The predicted octanol–water partition coefficient (Wildman–Crippen LogP) is 6.56. The number of benzene rings is 1. The molecule has 5 rings (SSSR count). The first-order valence-corrected chi connectivity index (χ1v) is 13.7. The molecule has 1 saturated heterocycles. The number of hydrogen-bond donors (Lipinski definition) is 0. The normalized spacial score (nSPS) is 18.2. The largest absolute Gasteiger partial charge is 0.466 e. The first-order valence-electron chi connectivity index (χ1n) is 11.7. The summed E-state index contributed by atoms with van der Waals surface area (Å²) in [6.45, 7) is 0.290. The molecule has 1 unspecified atom stereocenters. The van der Waals surface area contributed by atoms with Crippen LogP contribution in [-0.4, -0.2) is 51.2 Å². The van der Waals surface area contributed by atoms with Crippen molar-refractivity contribution in [2.45, 2.75) is 37.5 Å². The number of aromatic nitrogens is 3. The van der Waals surface area contributed by atoms with Crippen LogP contribution in [0.5, 0.6) is 5.88 Å². The highest BCUT2D eigenvalue weighted by atomic mass is 35.5. The fraction of sp³-hybridized carbons (Fsp3) is 0.375. The van der Waals surface area contributed by atoms with Gasteiger partial charge in [0.15, 0.2) is 12.7 Å². The molecule has 0 bridgehead atoms. The van der Waals surface area contributed by atoms with Gasteiger partial charge in [-0.05, 0) is 25.0 Å². The molecular formula is C24H19Cl3F3N5O3S. The maximum Gasteiger partial charge on any atom is 0.438 e. The number of rotatable bonds is 6. The maximum atomic E-state index is 13.1. The molecule has 1 fully saturated rings. The summed E-state index contributed by atoms with van der Waals surface area (Å²) in [6, 6.07) is 3.21. The van der Waals surface area contributed by atoms with Crippen molar-refractivity contribution in [3.05, 3.63) is 66.9 Å². The van der Waals surface area contributed by atoms with Crippen molar-refractivity contribution in [3.8, 4) is 5.88 Å².